The molecule has 2 heterocycles. The summed E-state index contributed by atoms with van der Waals surface area (Å²) in [5.41, 5.74) is 2.69. The predicted octanol–water partition coefficient (Wildman–Crippen LogP) is 6.04. The van der Waals surface area contributed by atoms with Crippen LogP contribution in [0.4, 0.5) is 0 Å². The van der Waals surface area contributed by atoms with Gasteiger partial charge in [-0.15, -0.1) is 11.3 Å². The lowest BCUT2D eigenvalue weighted by molar-refractivity contribution is 0.255. The molecule has 0 saturated carbocycles. The second-order valence-electron chi connectivity index (χ2n) is 7.85. The summed E-state index contributed by atoms with van der Waals surface area (Å²) < 4.78 is 1.36. The number of thiazole rings is 1. The van der Waals surface area contributed by atoms with Crippen LogP contribution in [0.1, 0.15) is 75.3 Å². The van der Waals surface area contributed by atoms with Crippen LogP contribution in [0.5, 0.6) is 0 Å². The van der Waals surface area contributed by atoms with Crippen LogP contribution in [-0.2, 0) is 0 Å². The zero-order valence-corrected chi connectivity index (χ0v) is 16.5. The summed E-state index contributed by atoms with van der Waals surface area (Å²) in [7, 11) is 2.22. The maximum absolute atomic E-state index is 5.02. The van der Waals surface area contributed by atoms with Crippen molar-refractivity contribution in [1.82, 2.24) is 9.88 Å². The van der Waals surface area contributed by atoms with Gasteiger partial charge in [0.1, 0.15) is 0 Å². The largest absolute Gasteiger partial charge is 0.306 e. The zero-order valence-electron chi connectivity index (χ0n) is 15.7. The highest BCUT2D eigenvalue weighted by molar-refractivity contribution is 7.18. The summed E-state index contributed by atoms with van der Waals surface area (Å²) >= 11 is 1.92. The van der Waals surface area contributed by atoms with Gasteiger partial charge < -0.3 is 4.90 Å². The quantitative estimate of drug-likeness (QED) is 0.635. The molecule has 1 fully saturated rings. The third-order valence-corrected chi connectivity index (χ3v) is 7.05. The summed E-state index contributed by atoms with van der Waals surface area (Å²) in [5.74, 6) is 2.15. The van der Waals surface area contributed by atoms with Crippen LogP contribution in [-0.4, -0.2) is 30.0 Å². The molecule has 1 aromatic carbocycles. The van der Waals surface area contributed by atoms with E-state index in [0.717, 1.165) is 5.92 Å². The lowest BCUT2D eigenvalue weighted by Gasteiger charge is -2.27. The van der Waals surface area contributed by atoms with Gasteiger partial charge in [-0.1, -0.05) is 39.7 Å². The minimum atomic E-state index is 0.636. The molecule has 3 heteroatoms. The highest BCUT2D eigenvalue weighted by Gasteiger charge is 2.21. The summed E-state index contributed by atoms with van der Waals surface area (Å²) in [6.07, 6.45) is 6.42. The van der Waals surface area contributed by atoms with E-state index in [1.54, 1.807) is 0 Å². The molecule has 2 aromatic rings. The molecule has 0 bridgehead atoms. The smallest absolute Gasteiger partial charge is 0.0970 e. The van der Waals surface area contributed by atoms with Gasteiger partial charge in [-0.3, -0.25) is 0 Å². The van der Waals surface area contributed by atoms with Crippen LogP contribution >= 0.6 is 11.3 Å². The van der Waals surface area contributed by atoms with Crippen LogP contribution in [0.15, 0.2) is 18.2 Å². The van der Waals surface area contributed by atoms with Crippen LogP contribution in [0.2, 0.25) is 0 Å². The number of hydrogen-bond acceptors (Lipinski definition) is 3. The SMILES string of the molecule is CC[C@@H](C)CCC(C)c1ccc2sc(C3CCN(C)CC3)nc2c1. The summed E-state index contributed by atoms with van der Waals surface area (Å²) in [4.78, 5) is 7.45. The maximum atomic E-state index is 5.02. The average Bonchev–Trinajstić information content (AvgIpc) is 3.03. The molecular weight excluding hydrogens is 312 g/mol. The molecule has 1 aliphatic heterocycles. The van der Waals surface area contributed by atoms with Crippen molar-refractivity contribution in [2.24, 2.45) is 5.92 Å². The fraction of sp³-hybridized carbons (Fsp3) is 0.667. The van der Waals surface area contributed by atoms with E-state index in [-0.39, 0.29) is 0 Å². The van der Waals surface area contributed by atoms with Gasteiger partial charge in [0.25, 0.3) is 0 Å². The fourth-order valence-corrected chi connectivity index (χ4v) is 4.72. The molecule has 1 unspecified atom stereocenters. The first kappa shape index (κ1) is 17.9. The second-order valence-corrected chi connectivity index (χ2v) is 8.91. The van der Waals surface area contributed by atoms with Gasteiger partial charge in [-0.25, -0.2) is 4.98 Å². The Hall–Kier alpha value is -0.930. The minimum absolute atomic E-state index is 0.636. The average molecular weight is 345 g/mol. The van der Waals surface area contributed by atoms with E-state index in [1.165, 1.54) is 66.0 Å². The molecule has 1 aromatic heterocycles. The molecule has 3 rings (SSSR count). The van der Waals surface area contributed by atoms with Crippen LogP contribution in [0, 0.1) is 5.92 Å². The van der Waals surface area contributed by atoms with Crippen LogP contribution in [0.25, 0.3) is 10.2 Å². The summed E-state index contributed by atoms with van der Waals surface area (Å²) in [6.45, 7) is 9.44. The number of rotatable bonds is 6. The Balaban J connectivity index is 1.71. The molecule has 132 valence electrons. The summed E-state index contributed by atoms with van der Waals surface area (Å²) in [5, 5.41) is 1.36. The van der Waals surface area contributed by atoms with Gasteiger partial charge >= 0.3 is 0 Å². The van der Waals surface area contributed by atoms with Crippen molar-refractivity contribution in [3.63, 3.8) is 0 Å². The standard InChI is InChI=1S/C21H32N2S/c1-5-15(2)6-7-16(3)18-8-9-20-19(14-18)22-21(24-20)17-10-12-23(4)13-11-17/h8-9,14-17H,5-7,10-13H2,1-4H3/t15-,16?/m1/s1. The third-order valence-electron chi connectivity index (χ3n) is 5.85. The first-order valence-electron chi connectivity index (χ1n) is 9.65. The molecule has 0 aliphatic carbocycles. The first-order chi connectivity index (χ1) is 11.6. The van der Waals surface area contributed by atoms with Crippen molar-refractivity contribution in [3.8, 4) is 0 Å². The van der Waals surface area contributed by atoms with Crippen molar-refractivity contribution in [2.45, 2.75) is 64.7 Å². The van der Waals surface area contributed by atoms with Gasteiger partial charge in [0.15, 0.2) is 0 Å². The normalized spacial score (nSPS) is 19.7. The molecule has 2 nitrogen and oxygen atoms in total. The van der Waals surface area contributed by atoms with Crippen LogP contribution < -0.4 is 0 Å². The van der Waals surface area contributed by atoms with E-state index >= 15 is 0 Å². The number of fused-ring (bicyclic) bond motifs is 1. The Morgan fingerprint density at radius 1 is 1.21 bits per heavy atom. The number of hydrogen-bond donors (Lipinski definition) is 0. The van der Waals surface area contributed by atoms with E-state index < -0.39 is 0 Å². The van der Waals surface area contributed by atoms with Crippen LogP contribution in [0.3, 0.4) is 0 Å². The number of nitrogens with zero attached hydrogens (tertiary/aromatic N) is 2. The topological polar surface area (TPSA) is 16.1 Å². The van der Waals surface area contributed by atoms with Crippen molar-refractivity contribution in [1.29, 1.82) is 0 Å². The first-order valence-corrected chi connectivity index (χ1v) is 10.5. The molecule has 1 aliphatic rings. The predicted molar refractivity (Wildman–Crippen MR) is 106 cm³/mol. The lowest BCUT2D eigenvalue weighted by atomic mass is 9.91. The molecule has 24 heavy (non-hydrogen) atoms. The number of aromatic nitrogens is 1. The zero-order chi connectivity index (χ0) is 17.1. The van der Waals surface area contributed by atoms with Gasteiger partial charge in [0.2, 0.25) is 0 Å². The molecule has 0 radical (unpaired) electrons. The van der Waals surface area contributed by atoms with Crippen molar-refractivity contribution < 1.29 is 0 Å². The van der Waals surface area contributed by atoms with E-state index in [0.29, 0.717) is 11.8 Å². The summed E-state index contributed by atoms with van der Waals surface area (Å²) in [6, 6.07) is 6.99. The van der Waals surface area contributed by atoms with E-state index in [1.807, 2.05) is 11.3 Å². The monoisotopic (exact) mass is 344 g/mol. The highest BCUT2D eigenvalue weighted by atomic mass is 32.1. The van der Waals surface area contributed by atoms with E-state index in [2.05, 4.69) is 50.9 Å². The Labute approximate surface area is 151 Å². The van der Waals surface area contributed by atoms with Gasteiger partial charge in [-0.2, -0.15) is 0 Å². The Morgan fingerprint density at radius 3 is 2.67 bits per heavy atom. The molecule has 2 atom stereocenters. The minimum Gasteiger partial charge on any atom is -0.306 e. The van der Waals surface area contributed by atoms with Gasteiger partial charge in [0.05, 0.1) is 15.2 Å². The van der Waals surface area contributed by atoms with Crippen molar-refractivity contribution in [2.75, 3.05) is 20.1 Å². The molecule has 0 amide bonds. The Bertz CT molecular complexity index is 655. The Kier molecular flexibility index (Phi) is 5.93. The molecule has 0 N–H and O–H groups in total. The molecule has 1 saturated heterocycles. The van der Waals surface area contributed by atoms with Gasteiger partial charge in [0, 0.05) is 5.92 Å². The number of likely N-dealkylation sites (tertiary alicyclic amines) is 1. The maximum Gasteiger partial charge on any atom is 0.0970 e. The Morgan fingerprint density at radius 2 is 1.96 bits per heavy atom. The highest BCUT2D eigenvalue weighted by Crippen LogP contribution is 2.35. The van der Waals surface area contributed by atoms with Crippen molar-refractivity contribution in [3.05, 3.63) is 28.8 Å². The fourth-order valence-electron chi connectivity index (χ4n) is 3.60. The molecule has 0 spiro atoms. The molecular formula is C21H32N2S. The van der Waals surface area contributed by atoms with Gasteiger partial charge in [-0.05, 0) is 68.9 Å². The second kappa shape index (κ2) is 7.97. The third kappa shape index (κ3) is 4.18. The lowest BCUT2D eigenvalue weighted by Crippen LogP contribution is -2.29. The van der Waals surface area contributed by atoms with E-state index in [4.69, 9.17) is 4.98 Å². The van der Waals surface area contributed by atoms with E-state index in [9.17, 15) is 0 Å². The van der Waals surface area contributed by atoms with Crippen molar-refractivity contribution >= 4 is 21.6 Å². The number of piperidine rings is 1. The number of benzene rings is 1.